The third-order valence-electron chi connectivity index (χ3n) is 6.36. The molecule has 0 spiro atoms. The van der Waals surface area contributed by atoms with Gasteiger partial charge in [0, 0.05) is 36.3 Å². The van der Waals surface area contributed by atoms with E-state index in [1.807, 2.05) is 0 Å². The molecule has 1 N–H and O–H groups in total. The molecule has 0 aliphatic carbocycles. The molecule has 0 radical (unpaired) electrons. The zero-order valence-corrected chi connectivity index (χ0v) is 25.1. The second kappa shape index (κ2) is 10.2. The Morgan fingerprint density at radius 1 is 0.976 bits per heavy atom. The van der Waals surface area contributed by atoms with Gasteiger partial charge in [-0.05, 0) is 65.8 Å². The molecule has 13 heteroatoms. The number of benzene rings is 2. The van der Waals surface area contributed by atoms with Crippen molar-refractivity contribution in [2.45, 2.75) is 52.7 Å². The van der Waals surface area contributed by atoms with Crippen LogP contribution < -0.4 is 10.3 Å². The number of hydrogen-bond donors (Lipinski definition) is 1. The molecule has 3 amide bonds. The minimum atomic E-state index is -0.778. The minimum absolute atomic E-state index is 0.0518. The molecule has 0 saturated carbocycles. The lowest BCUT2D eigenvalue weighted by molar-refractivity contribution is 0.0527. The summed E-state index contributed by atoms with van der Waals surface area (Å²) in [4.78, 5) is 44.7. The predicted octanol–water partition coefficient (Wildman–Crippen LogP) is 6.50. The topological polar surface area (TPSA) is 106 Å². The highest BCUT2D eigenvalue weighted by Crippen LogP contribution is 2.41. The van der Waals surface area contributed by atoms with E-state index in [4.69, 9.17) is 9.47 Å². The summed E-state index contributed by atoms with van der Waals surface area (Å²) in [7, 11) is 1.57. The third-order valence-corrected chi connectivity index (χ3v) is 7.34. The second-order valence-corrected chi connectivity index (χ2v) is 13.0. The Hall–Kier alpha value is -4.26. The third kappa shape index (κ3) is 5.48. The Balaban J connectivity index is 1.70. The van der Waals surface area contributed by atoms with Crippen LogP contribution in [-0.4, -0.2) is 64.0 Å². The molecule has 4 aromatic rings. The number of anilines is 1. The van der Waals surface area contributed by atoms with Crippen LogP contribution in [-0.2, 0) is 9.47 Å². The van der Waals surface area contributed by atoms with E-state index in [1.54, 1.807) is 60.9 Å². The molecule has 1 aliphatic rings. The molecule has 3 heterocycles. The summed E-state index contributed by atoms with van der Waals surface area (Å²) in [5.74, 6) is -1.75. The Kier molecular flexibility index (Phi) is 7.12. The number of amides is 3. The number of nitrogens with zero attached hydrogens (tertiary/aromatic N) is 4. The van der Waals surface area contributed by atoms with Crippen molar-refractivity contribution in [3.63, 3.8) is 0 Å². The average molecular weight is 600 g/mol. The summed E-state index contributed by atoms with van der Waals surface area (Å²) in [5, 5.41) is 4.25. The number of halogens is 2. The van der Waals surface area contributed by atoms with Gasteiger partial charge in [-0.25, -0.2) is 28.4 Å². The lowest BCUT2D eigenvalue weighted by Crippen LogP contribution is -2.49. The van der Waals surface area contributed by atoms with Gasteiger partial charge in [0.25, 0.3) is 5.91 Å². The van der Waals surface area contributed by atoms with E-state index in [0.29, 0.717) is 5.39 Å². The fourth-order valence-corrected chi connectivity index (χ4v) is 5.58. The summed E-state index contributed by atoms with van der Waals surface area (Å²) in [6, 6.07) is 5.30. The van der Waals surface area contributed by atoms with Gasteiger partial charge in [-0.1, -0.05) is 11.3 Å². The van der Waals surface area contributed by atoms with E-state index in [9.17, 15) is 18.8 Å². The van der Waals surface area contributed by atoms with Crippen LogP contribution >= 0.6 is 11.3 Å². The van der Waals surface area contributed by atoms with Crippen LogP contribution in [0.1, 0.15) is 51.9 Å². The molecule has 1 aliphatic heterocycles. The molecule has 2 aromatic heterocycles. The number of thiazole rings is 1. The number of fused-ring (bicyclic) bond motifs is 1. The van der Waals surface area contributed by atoms with E-state index in [1.165, 1.54) is 26.7 Å². The quantitative estimate of drug-likeness (QED) is 0.282. The Bertz CT molecular complexity index is 1750. The number of nitrogens with one attached hydrogen (secondary N) is 1. The van der Waals surface area contributed by atoms with Gasteiger partial charge in [-0.15, -0.1) is 0 Å². The molecule has 10 nitrogen and oxygen atoms in total. The van der Waals surface area contributed by atoms with E-state index >= 15 is 4.39 Å². The number of carbonyl (C=O) groups excluding carboxylic acids is 3. The highest BCUT2D eigenvalue weighted by Gasteiger charge is 2.32. The molecular weight excluding hydrogens is 568 g/mol. The summed E-state index contributed by atoms with van der Waals surface area (Å²) in [6.45, 7) is 10.7. The van der Waals surface area contributed by atoms with Crippen molar-refractivity contribution in [1.29, 1.82) is 0 Å². The number of aromatic nitrogens is 2. The maximum absolute atomic E-state index is 16.0. The van der Waals surface area contributed by atoms with Gasteiger partial charge in [0.2, 0.25) is 0 Å². The molecule has 222 valence electrons. The van der Waals surface area contributed by atoms with Gasteiger partial charge >= 0.3 is 12.2 Å². The summed E-state index contributed by atoms with van der Waals surface area (Å²) < 4.78 is 43.5. The first-order valence-electron chi connectivity index (χ1n) is 13.2. The first-order chi connectivity index (χ1) is 19.5. The standard InChI is InChI=1S/C29H31F2N5O5S/c1-28(2,3)40-26(38)33-25-32-21-15(8-9-18(30)23(21)42-25)20-16-10-11-35-22(16)17(14-19(20)31)24(37)34(7)12-13-36(35)27(39)41-29(4,5)6/h8-11,14H,12-13H2,1-7H3,(H,32,33,38). The van der Waals surface area contributed by atoms with Crippen molar-refractivity contribution in [3.05, 3.63) is 47.7 Å². The van der Waals surface area contributed by atoms with Crippen LogP contribution in [0.25, 0.3) is 32.2 Å². The van der Waals surface area contributed by atoms with Crippen LogP contribution in [0, 0.1) is 11.6 Å². The molecule has 2 aromatic carbocycles. The van der Waals surface area contributed by atoms with Gasteiger partial charge in [0.15, 0.2) is 5.13 Å². The summed E-state index contributed by atoms with van der Waals surface area (Å²) >= 11 is 0.883. The Morgan fingerprint density at radius 3 is 2.33 bits per heavy atom. The number of carbonyl (C=O) groups is 3. The Labute approximate surface area is 244 Å². The Morgan fingerprint density at radius 2 is 1.67 bits per heavy atom. The minimum Gasteiger partial charge on any atom is -0.444 e. The van der Waals surface area contributed by atoms with Crippen LogP contribution in [0.15, 0.2) is 30.5 Å². The van der Waals surface area contributed by atoms with Crippen molar-refractivity contribution >= 4 is 55.7 Å². The fourth-order valence-electron chi connectivity index (χ4n) is 4.70. The SMILES string of the molecule is CN1CCN(C(=O)OC(C)(C)C)n2ccc3c(-c4ccc(F)c5sc(NC(=O)OC(C)(C)C)nc45)c(F)cc(c32)C1=O. The summed E-state index contributed by atoms with van der Waals surface area (Å²) in [6.07, 6.45) is 0.163. The van der Waals surface area contributed by atoms with E-state index in [0.717, 1.165) is 17.4 Å². The van der Waals surface area contributed by atoms with E-state index in [-0.39, 0.29) is 50.6 Å². The zero-order valence-electron chi connectivity index (χ0n) is 24.3. The fraction of sp³-hybridized carbons (Fsp3) is 0.379. The van der Waals surface area contributed by atoms with Gasteiger partial charge < -0.3 is 14.4 Å². The van der Waals surface area contributed by atoms with Crippen molar-refractivity contribution in [2.24, 2.45) is 0 Å². The molecule has 0 saturated heterocycles. The van der Waals surface area contributed by atoms with Crippen molar-refractivity contribution < 1.29 is 32.6 Å². The van der Waals surface area contributed by atoms with E-state index in [2.05, 4.69) is 10.3 Å². The van der Waals surface area contributed by atoms with Crippen molar-refractivity contribution in [1.82, 2.24) is 14.6 Å². The second-order valence-electron chi connectivity index (χ2n) is 12.0. The van der Waals surface area contributed by atoms with Crippen LogP contribution in [0.2, 0.25) is 0 Å². The van der Waals surface area contributed by atoms with Crippen LogP contribution in [0.4, 0.5) is 23.5 Å². The maximum atomic E-state index is 16.0. The molecule has 5 rings (SSSR count). The highest BCUT2D eigenvalue weighted by atomic mass is 32.1. The lowest BCUT2D eigenvalue weighted by atomic mass is 9.97. The van der Waals surface area contributed by atoms with Crippen molar-refractivity contribution in [2.75, 3.05) is 30.5 Å². The molecule has 0 fully saturated rings. The largest absolute Gasteiger partial charge is 0.444 e. The summed E-state index contributed by atoms with van der Waals surface area (Å²) in [5.41, 5.74) is -0.780. The van der Waals surface area contributed by atoms with Crippen LogP contribution in [0.5, 0.6) is 0 Å². The first kappa shape index (κ1) is 29.2. The van der Waals surface area contributed by atoms with Gasteiger partial charge in [0.05, 0.1) is 27.8 Å². The lowest BCUT2D eigenvalue weighted by Gasteiger charge is -2.32. The maximum Gasteiger partial charge on any atom is 0.429 e. The number of likely N-dealkylation sites (N-methyl/N-ethyl adjacent to an activating group) is 1. The van der Waals surface area contributed by atoms with Crippen LogP contribution in [0.3, 0.4) is 0 Å². The van der Waals surface area contributed by atoms with Crippen molar-refractivity contribution in [3.8, 4) is 11.1 Å². The predicted molar refractivity (Wildman–Crippen MR) is 157 cm³/mol. The first-order valence-corrected chi connectivity index (χ1v) is 14.0. The zero-order chi connectivity index (χ0) is 30.7. The highest BCUT2D eigenvalue weighted by molar-refractivity contribution is 7.22. The monoisotopic (exact) mass is 599 g/mol. The molecule has 0 atom stereocenters. The van der Waals surface area contributed by atoms with Gasteiger partial charge in [0.1, 0.15) is 22.8 Å². The number of hydrogen-bond acceptors (Lipinski definition) is 7. The normalized spacial score (nSPS) is 14.3. The smallest absolute Gasteiger partial charge is 0.429 e. The average Bonchev–Trinajstić information content (AvgIpc) is 3.46. The number of ether oxygens (including phenoxy) is 2. The van der Waals surface area contributed by atoms with Gasteiger partial charge in [-0.3, -0.25) is 14.8 Å². The molecule has 42 heavy (non-hydrogen) atoms. The molecule has 0 unspecified atom stereocenters. The van der Waals surface area contributed by atoms with Gasteiger partial charge in [-0.2, -0.15) is 0 Å². The van der Waals surface area contributed by atoms with E-state index < -0.39 is 40.9 Å². The molecular formula is C29H31F2N5O5S. The molecule has 0 bridgehead atoms. The number of rotatable bonds is 2.